The van der Waals surface area contributed by atoms with Gasteiger partial charge >= 0.3 is 7.60 Å². The fourth-order valence-electron chi connectivity index (χ4n) is 1.76. The number of carbonyl (C=O) groups excluding carboxylic acids is 1. The van der Waals surface area contributed by atoms with Crippen molar-refractivity contribution in [2.24, 2.45) is 5.10 Å². The molecule has 6 nitrogen and oxygen atoms in total. The van der Waals surface area contributed by atoms with Crippen molar-refractivity contribution in [1.29, 1.82) is 0 Å². The summed E-state index contributed by atoms with van der Waals surface area (Å²) in [6, 6.07) is 10.3. The first-order valence-corrected chi connectivity index (χ1v) is 8.60. The zero-order valence-electron chi connectivity index (χ0n) is 11.5. The Kier molecular flexibility index (Phi) is 5.57. The van der Waals surface area contributed by atoms with Gasteiger partial charge in [-0.25, -0.2) is 5.43 Å². The highest BCUT2D eigenvalue weighted by Crippen LogP contribution is 2.34. The summed E-state index contributed by atoms with van der Waals surface area (Å²) in [5.74, 6) is -0.752. The zero-order chi connectivity index (χ0) is 17.0. The molecule has 0 aliphatic rings. The Hall–Kier alpha value is -1.69. The molecule has 2 aromatic carbocycles. The summed E-state index contributed by atoms with van der Waals surface area (Å²) >= 11 is 11.8. The van der Waals surface area contributed by atoms with Gasteiger partial charge in [-0.3, -0.25) is 9.36 Å². The lowest BCUT2D eigenvalue weighted by molar-refractivity contribution is 0.0955. The highest BCUT2D eigenvalue weighted by atomic mass is 35.5. The summed E-state index contributed by atoms with van der Waals surface area (Å²) in [5.41, 5.74) is 2.52. The lowest BCUT2D eigenvalue weighted by Gasteiger charge is -2.09. The monoisotopic (exact) mass is 372 g/mol. The second-order valence-electron chi connectivity index (χ2n) is 4.40. The molecule has 0 atom stereocenters. The van der Waals surface area contributed by atoms with Gasteiger partial charge in [0, 0.05) is 5.56 Å². The average molecular weight is 373 g/mol. The highest BCUT2D eigenvalue weighted by molar-refractivity contribution is 7.60. The molecule has 0 aromatic heterocycles. The SMILES string of the molecule is O=C(N/N=C/c1cccc(Cl)c1Cl)c1ccccc1P(=O)(O)O. The number of hydrazone groups is 1. The Morgan fingerprint density at radius 1 is 1.13 bits per heavy atom. The van der Waals surface area contributed by atoms with Crippen LogP contribution in [0.2, 0.25) is 10.0 Å². The molecule has 3 N–H and O–H groups in total. The second-order valence-corrected chi connectivity index (χ2v) is 6.76. The maximum absolute atomic E-state index is 12.0. The maximum atomic E-state index is 12.0. The molecule has 120 valence electrons. The first kappa shape index (κ1) is 17.7. The summed E-state index contributed by atoms with van der Waals surface area (Å²) in [6.45, 7) is 0. The molecular weight excluding hydrogens is 362 g/mol. The number of hydrogen-bond acceptors (Lipinski definition) is 3. The number of nitrogens with zero attached hydrogens (tertiary/aromatic N) is 1. The van der Waals surface area contributed by atoms with E-state index in [1.54, 1.807) is 18.2 Å². The van der Waals surface area contributed by atoms with Crippen LogP contribution in [0.3, 0.4) is 0 Å². The number of hydrogen-bond donors (Lipinski definition) is 3. The van der Waals surface area contributed by atoms with Gasteiger partial charge in [-0.1, -0.05) is 47.5 Å². The van der Waals surface area contributed by atoms with Gasteiger partial charge in [-0.2, -0.15) is 5.10 Å². The largest absolute Gasteiger partial charge is 0.357 e. The van der Waals surface area contributed by atoms with E-state index in [1.807, 2.05) is 0 Å². The molecule has 0 unspecified atom stereocenters. The molecule has 0 saturated carbocycles. The molecule has 0 bridgehead atoms. The topological polar surface area (TPSA) is 99.0 Å². The van der Waals surface area contributed by atoms with E-state index in [0.717, 1.165) is 0 Å². The van der Waals surface area contributed by atoms with Gasteiger partial charge in [0.05, 0.1) is 27.1 Å². The summed E-state index contributed by atoms with van der Waals surface area (Å²) in [6.07, 6.45) is 1.28. The van der Waals surface area contributed by atoms with Crippen molar-refractivity contribution >= 4 is 48.2 Å². The van der Waals surface area contributed by atoms with Crippen molar-refractivity contribution < 1.29 is 19.1 Å². The summed E-state index contributed by atoms with van der Waals surface area (Å²) < 4.78 is 11.4. The Morgan fingerprint density at radius 3 is 2.52 bits per heavy atom. The molecule has 9 heteroatoms. The lowest BCUT2D eigenvalue weighted by Crippen LogP contribution is -2.25. The number of halogens is 2. The number of amides is 1. The predicted molar refractivity (Wildman–Crippen MR) is 89.6 cm³/mol. The van der Waals surface area contributed by atoms with Crippen LogP contribution in [0.15, 0.2) is 47.6 Å². The minimum Gasteiger partial charge on any atom is -0.321 e. The van der Waals surface area contributed by atoms with Gasteiger partial charge in [0.1, 0.15) is 0 Å². The van der Waals surface area contributed by atoms with Gasteiger partial charge in [0.15, 0.2) is 0 Å². The second kappa shape index (κ2) is 7.25. The molecule has 0 aliphatic carbocycles. The molecule has 0 aliphatic heterocycles. The third kappa shape index (κ3) is 4.41. The summed E-state index contributed by atoms with van der Waals surface area (Å²) in [5, 5.41) is 3.98. The van der Waals surface area contributed by atoms with Gasteiger partial charge in [0.25, 0.3) is 5.91 Å². The highest BCUT2D eigenvalue weighted by Gasteiger charge is 2.24. The van der Waals surface area contributed by atoms with Crippen LogP contribution in [0, 0.1) is 0 Å². The number of rotatable bonds is 4. The molecule has 0 fully saturated rings. The Balaban J connectivity index is 2.19. The van der Waals surface area contributed by atoms with Crippen LogP contribution < -0.4 is 10.7 Å². The Morgan fingerprint density at radius 2 is 1.83 bits per heavy atom. The number of nitrogens with one attached hydrogen (secondary N) is 1. The van der Waals surface area contributed by atoms with Crippen molar-refractivity contribution in [3.63, 3.8) is 0 Å². The summed E-state index contributed by atoms with van der Waals surface area (Å²) in [4.78, 5) is 30.5. The molecular formula is C14H11Cl2N2O4P. The minimum atomic E-state index is -4.57. The van der Waals surface area contributed by atoms with Crippen LogP contribution in [0.1, 0.15) is 15.9 Å². The van der Waals surface area contributed by atoms with E-state index in [4.69, 9.17) is 23.2 Å². The van der Waals surface area contributed by atoms with E-state index in [0.29, 0.717) is 10.6 Å². The van der Waals surface area contributed by atoms with Crippen LogP contribution in [-0.4, -0.2) is 21.9 Å². The molecule has 0 radical (unpaired) electrons. The first-order chi connectivity index (χ1) is 10.8. The fraction of sp³-hybridized carbons (Fsp3) is 0. The molecule has 0 spiro atoms. The van der Waals surface area contributed by atoms with Gasteiger partial charge in [0.2, 0.25) is 0 Å². The van der Waals surface area contributed by atoms with Crippen molar-refractivity contribution in [2.45, 2.75) is 0 Å². The van der Waals surface area contributed by atoms with Crippen LogP contribution in [0.25, 0.3) is 0 Å². The average Bonchev–Trinajstić information content (AvgIpc) is 2.50. The molecule has 0 heterocycles. The van der Waals surface area contributed by atoms with Crippen LogP contribution in [-0.2, 0) is 4.57 Å². The van der Waals surface area contributed by atoms with E-state index >= 15 is 0 Å². The first-order valence-electron chi connectivity index (χ1n) is 6.23. The third-order valence-electron chi connectivity index (χ3n) is 2.81. The van der Waals surface area contributed by atoms with Crippen LogP contribution >= 0.6 is 30.8 Å². The van der Waals surface area contributed by atoms with E-state index < -0.39 is 13.5 Å². The normalized spacial score (nSPS) is 11.7. The Bertz CT molecular complexity index is 820. The predicted octanol–water partition coefficient (Wildman–Crippen LogP) is 2.56. The van der Waals surface area contributed by atoms with Gasteiger partial charge in [-0.05, 0) is 18.2 Å². The van der Waals surface area contributed by atoms with Crippen molar-refractivity contribution in [3.05, 3.63) is 63.6 Å². The van der Waals surface area contributed by atoms with Crippen molar-refractivity contribution in [2.75, 3.05) is 0 Å². The maximum Gasteiger partial charge on any atom is 0.357 e. The zero-order valence-corrected chi connectivity index (χ0v) is 13.9. The number of carbonyl (C=O) groups is 1. The lowest BCUT2D eigenvalue weighted by atomic mass is 10.2. The van der Waals surface area contributed by atoms with Gasteiger partial charge in [-0.15, -0.1) is 0 Å². The van der Waals surface area contributed by atoms with Crippen molar-refractivity contribution in [3.8, 4) is 0 Å². The van der Waals surface area contributed by atoms with Crippen molar-refractivity contribution in [1.82, 2.24) is 5.43 Å². The standard InChI is InChI=1S/C14H11Cl2N2O4P/c15-11-6-3-4-9(13(11)16)8-17-18-14(19)10-5-1-2-7-12(10)23(20,21)22/h1-8H,(H,18,19)(H2,20,21,22)/b17-8+. The molecule has 1 amide bonds. The van der Waals surface area contributed by atoms with E-state index in [1.165, 1.54) is 30.5 Å². The quantitative estimate of drug-likeness (QED) is 0.436. The van der Waals surface area contributed by atoms with E-state index in [9.17, 15) is 19.1 Å². The summed E-state index contributed by atoms with van der Waals surface area (Å²) in [7, 11) is -4.57. The molecule has 23 heavy (non-hydrogen) atoms. The number of benzene rings is 2. The van der Waals surface area contributed by atoms with E-state index in [-0.39, 0.29) is 15.9 Å². The van der Waals surface area contributed by atoms with Gasteiger partial charge < -0.3 is 9.79 Å². The fourth-order valence-corrected chi connectivity index (χ4v) is 2.89. The smallest absolute Gasteiger partial charge is 0.321 e. The van der Waals surface area contributed by atoms with Crippen LogP contribution in [0.4, 0.5) is 0 Å². The molecule has 0 saturated heterocycles. The minimum absolute atomic E-state index is 0.157. The van der Waals surface area contributed by atoms with Crippen LogP contribution in [0.5, 0.6) is 0 Å². The third-order valence-corrected chi connectivity index (χ3v) is 4.66. The molecule has 2 aromatic rings. The van der Waals surface area contributed by atoms with E-state index in [2.05, 4.69) is 10.5 Å². The molecule has 2 rings (SSSR count). The Labute approximate surface area is 141 Å².